The Labute approximate surface area is 126 Å². The molecule has 0 unspecified atom stereocenters. The number of carbonyl (C=O) groups is 2. The lowest BCUT2D eigenvalue weighted by Gasteiger charge is -2.34. The quantitative estimate of drug-likeness (QED) is 0.842. The largest absolute Gasteiger partial charge is 0.444 e. The van der Waals surface area contributed by atoms with Crippen LogP contribution in [0.4, 0.5) is 4.79 Å². The molecule has 0 spiro atoms. The topological polar surface area (TPSA) is 67.9 Å². The average molecular weight is 298 g/mol. The highest BCUT2D eigenvalue weighted by atomic mass is 16.6. The van der Waals surface area contributed by atoms with Crippen molar-refractivity contribution in [2.24, 2.45) is 0 Å². The predicted octanol–water partition coefficient (Wildman–Crippen LogP) is 1.68. The van der Waals surface area contributed by atoms with Gasteiger partial charge in [0.2, 0.25) is 5.91 Å². The van der Waals surface area contributed by atoms with Crippen molar-refractivity contribution < 1.29 is 19.1 Å². The summed E-state index contributed by atoms with van der Waals surface area (Å²) in [7, 11) is 0. The fourth-order valence-corrected chi connectivity index (χ4v) is 2.61. The lowest BCUT2D eigenvalue weighted by molar-refractivity contribution is -0.131. The molecule has 21 heavy (non-hydrogen) atoms. The van der Waals surface area contributed by atoms with Crippen LogP contribution in [-0.4, -0.2) is 54.3 Å². The first-order chi connectivity index (χ1) is 9.85. The number of nitrogens with one attached hydrogen (secondary N) is 1. The molecular formula is C15H26N2O4. The summed E-state index contributed by atoms with van der Waals surface area (Å²) in [6.07, 6.45) is 2.73. The number of carbonyl (C=O) groups excluding carboxylic acids is 2. The van der Waals surface area contributed by atoms with Gasteiger partial charge in [-0.05, 0) is 46.5 Å². The first-order valence-corrected chi connectivity index (χ1v) is 7.75. The van der Waals surface area contributed by atoms with Gasteiger partial charge in [0.25, 0.3) is 0 Å². The SMILES string of the molecule is CC(C)(C)OC(=O)N1CCC(NC(=O)[C@H]2CCCO2)CC1. The van der Waals surface area contributed by atoms with Crippen molar-refractivity contribution in [3.8, 4) is 0 Å². The number of amides is 2. The van der Waals surface area contributed by atoms with Gasteiger partial charge in [0.05, 0.1) is 0 Å². The number of likely N-dealkylation sites (tertiary alicyclic amines) is 1. The molecule has 2 fully saturated rings. The summed E-state index contributed by atoms with van der Waals surface area (Å²) in [5.41, 5.74) is -0.470. The molecule has 1 N–H and O–H groups in total. The number of nitrogens with zero attached hydrogens (tertiary/aromatic N) is 1. The molecule has 0 radical (unpaired) electrons. The lowest BCUT2D eigenvalue weighted by atomic mass is 10.0. The highest BCUT2D eigenvalue weighted by Crippen LogP contribution is 2.17. The molecule has 0 saturated carbocycles. The third-order valence-corrected chi connectivity index (χ3v) is 3.72. The van der Waals surface area contributed by atoms with Crippen LogP contribution in [0, 0.1) is 0 Å². The van der Waals surface area contributed by atoms with Crippen LogP contribution in [-0.2, 0) is 14.3 Å². The van der Waals surface area contributed by atoms with Crippen molar-refractivity contribution in [3.05, 3.63) is 0 Å². The van der Waals surface area contributed by atoms with Gasteiger partial charge in [0, 0.05) is 25.7 Å². The molecule has 6 nitrogen and oxygen atoms in total. The Morgan fingerprint density at radius 2 is 1.86 bits per heavy atom. The summed E-state index contributed by atoms with van der Waals surface area (Å²) in [5.74, 6) is -0.0109. The van der Waals surface area contributed by atoms with Crippen molar-refractivity contribution in [3.63, 3.8) is 0 Å². The van der Waals surface area contributed by atoms with Gasteiger partial charge in [0.1, 0.15) is 11.7 Å². The maximum atomic E-state index is 12.0. The van der Waals surface area contributed by atoms with Crippen LogP contribution in [0.3, 0.4) is 0 Å². The lowest BCUT2D eigenvalue weighted by Crippen LogP contribution is -2.49. The first kappa shape index (κ1) is 16.1. The van der Waals surface area contributed by atoms with Crippen LogP contribution in [0.1, 0.15) is 46.5 Å². The monoisotopic (exact) mass is 298 g/mol. The molecule has 2 saturated heterocycles. The molecule has 2 aliphatic rings. The van der Waals surface area contributed by atoms with Crippen LogP contribution in [0.25, 0.3) is 0 Å². The van der Waals surface area contributed by atoms with Crippen LogP contribution in [0.2, 0.25) is 0 Å². The highest BCUT2D eigenvalue weighted by Gasteiger charge is 2.30. The zero-order valence-electron chi connectivity index (χ0n) is 13.2. The molecule has 120 valence electrons. The second-order valence-electron chi connectivity index (χ2n) is 6.75. The Hall–Kier alpha value is -1.30. The van der Waals surface area contributed by atoms with Crippen LogP contribution in [0.5, 0.6) is 0 Å². The van der Waals surface area contributed by atoms with E-state index in [0.717, 1.165) is 25.7 Å². The fourth-order valence-electron chi connectivity index (χ4n) is 2.61. The van der Waals surface area contributed by atoms with Gasteiger partial charge in [0.15, 0.2) is 0 Å². The van der Waals surface area contributed by atoms with E-state index in [0.29, 0.717) is 19.7 Å². The minimum atomic E-state index is -0.470. The van der Waals surface area contributed by atoms with Crippen molar-refractivity contribution >= 4 is 12.0 Å². The van der Waals surface area contributed by atoms with Crippen molar-refractivity contribution in [1.82, 2.24) is 10.2 Å². The number of ether oxygens (including phenoxy) is 2. The second kappa shape index (κ2) is 6.64. The fraction of sp³-hybridized carbons (Fsp3) is 0.867. The first-order valence-electron chi connectivity index (χ1n) is 7.75. The van der Waals surface area contributed by atoms with E-state index >= 15 is 0 Å². The zero-order chi connectivity index (χ0) is 15.5. The van der Waals surface area contributed by atoms with E-state index in [1.54, 1.807) is 4.90 Å². The van der Waals surface area contributed by atoms with Crippen molar-refractivity contribution in [2.75, 3.05) is 19.7 Å². The number of piperidine rings is 1. The van der Waals surface area contributed by atoms with E-state index in [2.05, 4.69) is 5.32 Å². The summed E-state index contributed by atoms with van der Waals surface area (Å²) in [6.45, 7) is 7.49. The van der Waals surface area contributed by atoms with Gasteiger partial charge < -0.3 is 19.7 Å². The molecule has 2 amide bonds. The van der Waals surface area contributed by atoms with Crippen molar-refractivity contribution in [1.29, 1.82) is 0 Å². The van der Waals surface area contributed by atoms with Gasteiger partial charge in [-0.3, -0.25) is 4.79 Å². The Morgan fingerprint density at radius 3 is 2.38 bits per heavy atom. The van der Waals surface area contributed by atoms with Gasteiger partial charge in [-0.1, -0.05) is 0 Å². The van der Waals surface area contributed by atoms with E-state index in [1.807, 2.05) is 20.8 Å². The smallest absolute Gasteiger partial charge is 0.410 e. The summed E-state index contributed by atoms with van der Waals surface area (Å²) in [4.78, 5) is 25.6. The zero-order valence-corrected chi connectivity index (χ0v) is 13.2. The molecule has 2 rings (SSSR count). The van der Waals surface area contributed by atoms with Crippen LogP contribution < -0.4 is 5.32 Å². The molecule has 0 aromatic rings. The Kier molecular flexibility index (Phi) is 5.08. The molecule has 0 bridgehead atoms. The maximum Gasteiger partial charge on any atom is 0.410 e. The Balaban J connectivity index is 1.72. The maximum absolute atomic E-state index is 12.0. The third-order valence-electron chi connectivity index (χ3n) is 3.72. The van der Waals surface area contributed by atoms with E-state index in [4.69, 9.17) is 9.47 Å². The molecule has 0 aromatic heterocycles. The molecule has 2 heterocycles. The standard InChI is InChI=1S/C15H26N2O4/c1-15(2,3)21-14(19)17-8-6-11(7-9-17)16-13(18)12-5-4-10-20-12/h11-12H,4-10H2,1-3H3,(H,16,18)/t12-/m1/s1. The van der Waals surface area contributed by atoms with Crippen LogP contribution in [0.15, 0.2) is 0 Å². The normalized spacial score (nSPS) is 24.0. The van der Waals surface area contributed by atoms with E-state index < -0.39 is 5.60 Å². The molecule has 2 aliphatic heterocycles. The molecular weight excluding hydrogens is 272 g/mol. The average Bonchev–Trinajstić information content (AvgIpc) is 2.91. The van der Waals surface area contributed by atoms with Crippen molar-refractivity contribution in [2.45, 2.75) is 64.2 Å². The molecule has 6 heteroatoms. The van der Waals surface area contributed by atoms with E-state index in [1.165, 1.54) is 0 Å². The predicted molar refractivity (Wildman–Crippen MR) is 77.9 cm³/mol. The number of rotatable bonds is 2. The van der Waals surface area contributed by atoms with Gasteiger partial charge in [-0.25, -0.2) is 4.79 Å². The summed E-state index contributed by atoms with van der Waals surface area (Å²) >= 11 is 0. The number of hydrogen-bond acceptors (Lipinski definition) is 4. The summed E-state index contributed by atoms with van der Waals surface area (Å²) < 4.78 is 10.7. The van der Waals surface area contributed by atoms with Gasteiger partial charge in [-0.2, -0.15) is 0 Å². The summed E-state index contributed by atoms with van der Waals surface area (Å²) in [6, 6.07) is 0.125. The van der Waals surface area contributed by atoms with Crippen LogP contribution >= 0.6 is 0 Å². The second-order valence-corrected chi connectivity index (χ2v) is 6.75. The molecule has 0 aromatic carbocycles. The summed E-state index contributed by atoms with van der Waals surface area (Å²) in [5, 5.41) is 3.03. The third kappa shape index (κ3) is 4.88. The highest BCUT2D eigenvalue weighted by molar-refractivity contribution is 5.81. The van der Waals surface area contributed by atoms with Gasteiger partial charge in [-0.15, -0.1) is 0 Å². The minimum absolute atomic E-state index is 0.0109. The Bertz CT molecular complexity index is 378. The Morgan fingerprint density at radius 1 is 1.19 bits per heavy atom. The number of hydrogen-bond donors (Lipinski definition) is 1. The van der Waals surface area contributed by atoms with E-state index in [9.17, 15) is 9.59 Å². The minimum Gasteiger partial charge on any atom is -0.444 e. The van der Waals surface area contributed by atoms with Gasteiger partial charge >= 0.3 is 6.09 Å². The molecule has 1 atom stereocenters. The van der Waals surface area contributed by atoms with E-state index in [-0.39, 0.29) is 24.1 Å². The molecule has 0 aliphatic carbocycles.